The smallest absolute Gasteiger partial charge is 0.206 e. The van der Waals surface area contributed by atoms with Crippen LogP contribution in [0.1, 0.15) is 5.56 Å². The zero-order valence-electron chi connectivity index (χ0n) is 14.3. The molecule has 0 amide bonds. The quantitative estimate of drug-likeness (QED) is 0.333. The molecule has 6 heteroatoms. The van der Waals surface area contributed by atoms with Crippen LogP contribution >= 0.6 is 23.1 Å². The van der Waals surface area contributed by atoms with Crippen LogP contribution in [0.25, 0.3) is 11.3 Å². The zero-order chi connectivity index (χ0) is 18.4. The highest BCUT2D eigenvalue weighted by atomic mass is 32.2. The topological polar surface area (TPSA) is 29.6 Å². The van der Waals surface area contributed by atoms with Crippen LogP contribution in [0.4, 0.5) is 4.39 Å². The van der Waals surface area contributed by atoms with Crippen LogP contribution < -0.4 is 4.80 Å². The van der Waals surface area contributed by atoms with Crippen LogP contribution in [0.3, 0.4) is 0 Å². The van der Waals surface area contributed by atoms with Gasteiger partial charge in [-0.15, -0.1) is 29.7 Å². The van der Waals surface area contributed by atoms with Crippen LogP contribution in [-0.4, -0.2) is 23.7 Å². The lowest BCUT2D eigenvalue weighted by Crippen LogP contribution is -2.12. The lowest BCUT2D eigenvalue weighted by molar-refractivity contribution is 0.629. The Bertz CT molecular complexity index is 985. The summed E-state index contributed by atoms with van der Waals surface area (Å²) in [7, 11) is 0. The van der Waals surface area contributed by atoms with E-state index in [1.54, 1.807) is 40.9 Å². The highest BCUT2D eigenvalue weighted by molar-refractivity contribution is 7.98. The Labute approximate surface area is 160 Å². The molecule has 3 nitrogen and oxygen atoms in total. The molecule has 26 heavy (non-hydrogen) atoms. The van der Waals surface area contributed by atoms with Crippen molar-refractivity contribution in [2.24, 2.45) is 10.1 Å². The number of nitrogens with zero attached hydrogens (tertiary/aromatic N) is 3. The number of hydrogen-bond acceptors (Lipinski definition) is 4. The lowest BCUT2D eigenvalue weighted by atomic mass is 10.1. The Balaban J connectivity index is 2.05. The summed E-state index contributed by atoms with van der Waals surface area (Å²) in [5, 5.41) is 6.43. The van der Waals surface area contributed by atoms with Gasteiger partial charge in [-0.25, -0.2) is 9.07 Å². The van der Waals surface area contributed by atoms with Gasteiger partial charge in [0.05, 0.1) is 18.5 Å². The molecule has 0 saturated carbocycles. The maximum absolute atomic E-state index is 14.3. The first-order valence-electron chi connectivity index (χ1n) is 7.98. The summed E-state index contributed by atoms with van der Waals surface area (Å²) in [4.78, 5) is 6.35. The molecule has 3 aromatic rings. The van der Waals surface area contributed by atoms with E-state index in [0.717, 1.165) is 5.56 Å². The summed E-state index contributed by atoms with van der Waals surface area (Å²) in [6.07, 6.45) is 5.52. The molecule has 0 unspecified atom stereocenters. The Morgan fingerprint density at radius 3 is 2.65 bits per heavy atom. The molecule has 0 aliphatic rings. The first kappa shape index (κ1) is 18.4. The third-order valence-corrected chi connectivity index (χ3v) is 5.23. The molecule has 0 spiro atoms. The molecule has 0 bridgehead atoms. The normalized spacial score (nSPS) is 12.0. The monoisotopic (exact) mass is 383 g/mol. The number of halogens is 1. The maximum Gasteiger partial charge on any atom is 0.206 e. The van der Waals surface area contributed by atoms with Crippen molar-refractivity contribution in [1.82, 2.24) is 4.68 Å². The van der Waals surface area contributed by atoms with Crippen LogP contribution in [0.15, 0.2) is 81.6 Å². The minimum Gasteiger partial charge on any atom is -0.253 e. The summed E-state index contributed by atoms with van der Waals surface area (Å²) >= 11 is 3.12. The summed E-state index contributed by atoms with van der Waals surface area (Å²) in [6.45, 7) is 4.18. The van der Waals surface area contributed by atoms with Gasteiger partial charge in [-0.1, -0.05) is 30.3 Å². The predicted octanol–water partition coefficient (Wildman–Crippen LogP) is 5.05. The molecule has 3 rings (SSSR count). The molecular weight excluding hydrogens is 365 g/mol. The first-order chi connectivity index (χ1) is 12.7. The van der Waals surface area contributed by atoms with Crippen molar-refractivity contribution in [2.75, 3.05) is 12.8 Å². The van der Waals surface area contributed by atoms with Gasteiger partial charge < -0.3 is 0 Å². The van der Waals surface area contributed by atoms with E-state index in [-0.39, 0.29) is 5.82 Å². The average Bonchev–Trinajstić information content (AvgIpc) is 3.08. The van der Waals surface area contributed by atoms with Crippen molar-refractivity contribution < 1.29 is 4.39 Å². The third-order valence-electron chi connectivity index (χ3n) is 3.63. The predicted molar refractivity (Wildman–Crippen MR) is 110 cm³/mol. The summed E-state index contributed by atoms with van der Waals surface area (Å²) in [5.74, 6) is -0.283. The second kappa shape index (κ2) is 8.78. The molecular formula is C20H18FN3S2. The SMILES string of the molecule is C=CCN=c1scc(-c2ccccc2F)n1/N=C/c1ccc(SC)cc1. The van der Waals surface area contributed by atoms with Gasteiger partial charge in [0.1, 0.15) is 5.82 Å². The highest BCUT2D eigenvalue weighted by Gasteiger charge is 2.11. The number of rotatable bonds is 6. The molecule has 0 atom stereocenters. The van der Waals surface area contributed by atoms with E-state index in [0.29, 0.717) is 22.6 Å². The van der Waals surface area contributed by atoms with E-state index in [9.17, 15) is 4.39 Å². The molecule has 1 heterocycles. The summed E-state index contributed by atoms with van der Waals surface area (Å²) < 4.78 is 15.9. The third kappa shape index (κ3) is 4.20. The van der Waals surface area contributed by atoms with E-state index in [4.69, 9.17) is 0 Å². The zero-order valence-corrected chi connectivity index (χ0v) is 15.9. The van der Waals surface area contributed by atoms with Crippen molar-refractivity contribution in [3.05, 3.63) is 82.7 Å². The second-order valence-electron chi connectivity index (χ2n) is 5.34. The van der Waals surface area contributed by atoms with Crippen molar-refractivity contribution in [3.63, 3.8) is 0 Å². The molecule has 0 saturated heterocycles. The fourth-order valence-electron chi connectivity index (χ4n) is 2.33. The van der Waals surface area contributed by atoms with Gasteiger partial charge in [-0.2, -0.15) is 5.10 Å². The second-order valence-corrected chi connectivity index (χ2v) is 7.06. The van der Waals surface area contributed by atoms with Gasteiger partial charge in [-0.05, 0) is 36.1 Å². The number of aromatic nitrogens is 1. The molecule has 0 aliphatic heterocycles. The number of benzene rings is 2. The fourth-order valence-corrected chi connectivity index (χ4v) is 3.58. The van der Waals surface area contributed by atoms with Crippen LogP contribution in [0.2, 0.25) is 0 Å². The van der Waals surface area contributed by atoms with Crippen LogP contribution in [0.5, 0.6) is 0 Å². The van der Waals surface area contributed by atoms with E-state index in [1.165, 1.54) is 22.3 Å². The molecule has 0 radical (unpaired) electrons. The minimum absolute atomic E-state index is 0.283. The summed E-state index contributed by atoms with van der Waals surface area (Å²) in [5.41, 5.74) is 2.14. The van der Waals surface area contributed by atoms with Gasteiger partial charge in [0.25, 0.3) is 0 Å². The lowest BCUT2D eigenvalue weighted by Gasteiger charge is -2.04. The molecule has 0 aliphatic carbocycles. The molecule has 1 aromatic heterocycles. The fraction of sp³-hybridized carbons (Fsp3) is 0.100. The number of thiazole rings is 1. The highest BCUT2D eigenvalue weighted by Crippen LogP contribution is 2.23. The number of hydrogen-bond donors (Lipinski definition) is 0. The van der Waals surface area contributed by atoms with Crippen LogP contribution in [0, 0.1) is 5.82 Å². The molecule has 2 aromatic carbocycles. The Kier molecular flexibility index (Phi) is 6.20. The van der Waals surface area contributed by atoms with Crippen molar-refractivity contribution >= 4 is 29.3 Å². The van der Waals surface area contributed by atoms with Crippen molar-refractivity contribution in [1.29, 1.82) is 0 Å². The number of thioether (sulfide) groups is 1. The van der Waals surface area contributed by atoms with E-state index in [1.807, 2.05) is 42.0 Å². The standard InChI is InChI=1S/C20H18FN3S2/c1-3-12-22-20-24(23-13-15-8-10-16(25-2)11-9-15)19(14-26-20)17-6-4-5-7-18(17)21/h3-11,13-14H,1,12H2,2H3/b22-20?,23-13+. The van der Waals surface area contributed by atoms with E-state index >= 15 is 0 Å². The van der Waals surface area contributed by atoms with Gasteiger partial charge in [-0.3, -0.25) is 4.99 Å². The Hall–Kier alpha value is -2.44. The minimum atomic E-state index is -0.283. The molecule has 132 valence electrons. The van der Waals surface area contributed by atoms with Gasteiger partial charge in [0, 0.05) is 15.8 Å². The van der Waals surface area contributed by atoms with Crippen molar-refractivity contribution in [3.8, 4) is 11.3 Å². The van der Waals surface area contributed by atoms with Gasteiger partial charge in [0.2, 0.25) is 4.80 Å². The van der Waals surface area contributed by atoms with E-state index < -0.39 is 0 Å². The Morgan fingerprint density at radius 1 is 1.19 bits per heavy atom. The first-order valence-corrected chi connectivity index (χ1v) is 10.1. The molecule has 0 N–H and O–H groups in total. The van der Waals surface area contributed by atoms with Crippen LogP contribution in [-0.2, 0) is 0 Å². The van der Waals surface area contributed by atoms with Gasteiger partial charge >= 0.3 is 0 Å². The van der Waals surface area contributed by atoms with Crippen molar-refractivity contribution in [2.45, 2.75) is 4.90 Å². The molecule has 0 fully saturated rings. The van der Waals surface area contributed by atoms with E-state index in [2.05, 4.69) is 16.7 Å². The summed E-state index contributed by atoms with van der Waals surface area (Å²) in [6, 6.07) is 14.8. The Morgan fingerprint density at radius 2 is 1.96 bits per heavy atom. The van der Waals surface area contributed by atoms with Gasteiger partial charge in [0.15, 0.2) is 0 Å². The maximum atomic E-state index is 14.3. The average molecular weight is 384 g/mol. The largest absolute Gasteiger partial charge is 0.253 e.